The molecule has 2 heterocycles. The molecule has 0 fully saturated rings. The lowest BCUT2D eigenvalue weighted by Gasteiger charge is -2.13. The van der Waals surface area contributed by atoms with E-state index in [2.05, 4.69) is 10.3 Å². The third-order valence-electron chi connectivity index (χ3n) is 3.24. The van der Waals surface area contributed by atoms with Crippen LogP contribution in [-0.4, -0.2) is 21.2 Å². The lowest BCUT2D eigenvalue weighted by atomic mass is 10.2. The molecule has 2 aromatic rings. The number of nitrogens with zero attached hydrogens (tertiary/aromatic N) is 4. The van der Waals surface area contributed by atoms with E-state index in [0.717, 1.165) is 10.1 Å². The molecule has 0 aromatic carbocycles. The van der Waals surface area contributed by atoms with Crippen molar-refractivity contribution in [1.82, 2.24) is 14.1 Å². The molecular formula is C14H15N5O3. The highest BCUT2D eigenvalue weighted by atomic mass is 16.5. The Kier molecular flexibility index (Phi) is 4.27. The van der Waals surface area contributed by atoms with Gasteiger partial charge >= 0.3 is 5.69 Å². The zero-order valence-corrected chi connectivity index (χ0v) is 12.5. The van der Waals surface area contributed by atoms with Crippen molar-refractivity contribution < 1.29 is 4.74 Å². The number of nitriles is 1. The summed E-state index contributed by atoms with van der Waals surface area (Å²) in [7, 11) is 4.35. The summed E-state index contributed by atoms with van der Waals surface area (Å²) < 4.78 is 7.17. The Bertz CT molecular complexity index is 860. The van der Waals surface area contributed by atoms with Crippen molar-refractivity contribution in [2.45, 2.75) is 6.54 Å². The molecule has 1 N–H and O–H groups in total. The minimum atomic E-state index is -0.625. The Morgan fingerprint density at radius 1 is 1.36 bits per heavy atom. The molecular weight excluding hydrogens is 286 g/mol. The van der Waals surface area contributed by atoms with Gasteiger partial charge in [0.1, 0.15) is 11.9 Å². The third-order valence-corrected chi connectivity index (χ3v) is 3.24. The predicted molar refractivity (Wildman–Crippen MR) is 79.8 cm³/mol. The standard InChI is InChI=1S/C14H15N5O3/c1-18-12(10(7-15)13(20)19(2)14(18)21)17-8-9-4-5-16-11(6-9)22-3/h4-6,17H,8H2,1-3H3. The van der Waals surface area contributed by atoms with Crippen molar-refractivity contribution in [2.75, 3.05) is 12.4 Å². The summed E-state index contributed by atoms with van der Waals surface area (Å²) in [6, 6.07) is 5.32. The Morgan fingerprint density at radius 2 is 2.09 bits per heavy atom. The second-order valence-corrected chi connectivity index (χ2v) is 4.60. The topological polar surface area (TPSA) is 102 Å². The summed E-state index contributed by atoms with van der Waals surface area (Å²) in [5.41, 5.74) is -0.395. The average Bonchev–Trinajstić information content (AvgIpc) is 2.55. The first kappa shape index (κ1) is 15.3. The van der Waals surface area contributed by atoms with Gasteiger partial charge in [0.25, 0.3) is 5.56 Å². The van der Waals surface area contributed by atoms with Crippen LogP contribution in [0.3, 0.4) is 0 Å². The first-order valence-corrected chi connectivity index (χ1v) is 6.42. The second kappa shape index (κ2) is 6.13. The van der Waals surface area contributed by atoms with Gasteiger partial charge in [-0.1, -0.05) is 0 Å². The molecule has 114 valence electrons. The first-order chi connectivity index (χ1) is 10.5. The van der Waals surface area contributed by atoms with Crippen LogP contribution >= 0.6 is 0 Å². The van der Waals surface area contributed by atoms with E-state index < -0.39 is 11.2 Å². The first-order valence-electron chi connectivity index (χ1n) is 6.42. The van der Waals surface area contributed by atoms with E-state index >= 15 is 0 Å². The molecule has 2 aromatic heterocycles. The number of nitrogens with one attached hydrogen (secondary N) is 1. The van der Waals surface area contributed by atoms with E-state index in [-0.39, 0.29) is 11.4 Å². The fourth-order valence-corrected chi connectivity index (χ4v) is 2.01. The third kappa shape index (κ3) is 2.69. The minimum Gasteiger partial charge on any atom is -0.481 e. The Morgan fingerprint density at radius 3 is 2.73 bits per heavy atom. The number of rotatable bonds is 4. The lowest BCUT2D eigenvalue weighted by molar-refractivity contribution is 0.397. The lowest BCUT2D eigenvalue weighted by Crippen LogP contribution is -2.39. The van der Waals surface area contributed by atoms with Crippen LogP contribution in [0.1, 0.15) is 11.1 Å². The molecule has 0 saturated heterocycles. The van der Waals surface area contributed by atoms with Crippen LogP contribution in [0.15, 0.2) is 27.9 Å². The van der Waals surface area contributed by atoms with Gasteiger partial charge in [-0.25, -0.2) is 9.78 Å². The van der Waals surface area contributed by atoms with Crippen molar-refractivity contribution in [3.05, 3.63) is 50.3 Å². The summed E-state index contributed by atoms with van der Waals surface area (Å²) >= 11 is 0. The molecule has 0 aliphatic carbocycles. The minimum absolute atomic E-state index is 0.106. The smallest absolute Gasteiger partial charge is 0.332 e. The van der Waals surface area contributed by atoms with Crippen LogP contribution in [0, 0.1) is 11.3 Å². The number of ether oxygens (including phenoxy) is 1. The normalized spacial score (nSPS) is 10.1. The monoisotopic (exact) mass is 301 g/mol. The van der Waals surface area contributed by atoms with E-state index in [1.54, 1.807) is 18.3 Å². The van der Waals surface area contributed by atoms with Crippen molar-refractivity contribution in [1.29, 1.82) is 5.26 Å². The zero-order valence-electron chi connectivity index (χ0n) is 12.5. The van der Waals surface area contributed by atoms with E-state index in [9.17, 15) is 9.59 Å². The van der Waals surface area contributed by atoms with Gasteiger partial charge in [-0.2, -0.15) is 5.26 Å². The quantitative estimate of drug-likeness (QED) is 0.851. The predicted octanol–water partition coefficient (Wildman–Crippen LogP) is -0.0286. The van der Waals surface area contributed by atoms with Crippen LogP contribution < -0.4 is 21.3 Å². The molecule has 2 rings (SSSR count). The van der Waals surface area contributed by atoms with E-state index in [1.165, 1.54) is 25.8 Å². The van der Waals surface area contributed by atoms with Gasteiger partial charge in [-0.15, -0.1) is 0 Å². The maximum Gasteiger partial charge on any atom is 0.332 e. The number of hydrogen-bond acceptors (Lipinski definition) is 6. The molecule has 0 saturated carbocycles. The molecule has 0 amide bonds. The van der Waals surface area contributed by atoms with Gasteiger partial charge in [0.15, 0.2) is 5.56 Å². The Hall–Kier alpha value is -3.08. The summed E-state index contributed by atoms with van der Waals surface area (Å²) in [5.74, 6) is 0.643. The van der Waals surface area contributed by atoms with Gasteiger partial charge in [-0.05, 0) is 11.6 Å². The summed E-state index contributed by atoms with van der Waals surface area (Å²) in [4.78, 5) is 27.9. The highest BCUT2D eigenvalue weighted by Gasteiger charge is 2.15. The molecule has 0 aliphatic rings. The Labute approximate surface area is 126 Å². The van der Waals surface area contributed by atoms with Crippen molar-refractivity contribution >= 4 is 5.82 Å². The zero-order chi connectivity index (χ0) is 16.3. The fraction of sp³-hybridized carbons (Fsp3) is 0.286. The van der Waals surface area contributed by atoms with E-state index in [1.807, 2.05) is 6.07 Å². The number of aromatic nitrogens is 3. The number of hydrogen-bond donors (Lipinski definition) is 1. The van der Waals surface area contributed by atoms with Crippen molar-refractivity contribution in [3.63, 3.8) is 0 Å². The van der Waals surface area contributed by atoms with E-state index in [0.29, 0.717) is 12.4 Å². The van der Waals surface area contributed by atoms with Gasteiger partial charge in [0, 0.05) is 32.9 Å². The summed E-state index contributed by atoms with van der Waals surface area (Å²) in [6.45, 7) is 0.313. The van der Waals surface area contributed by atoms with Crippen LogP contribution in [0.5, 0.6) is 5.88 Å². The molecule has 0 unspecified atom stereocenters. The van der Waals surface area contributed by atoms with Crippen LogP contribution in [-0.2, 0) is 20.6 Å². The molecule has 8 nitrogen and oxygen atoms in total. The maximum atomic E-state index is 12.0. The van der Waals surface area contributed by atoms with E-state index in [4.69, 9.17) is 10.00 Å². The van der Waals surface area contributed by atoms with Crippen molar-refractivity contribution in [2.24, 2.45) is 14.1 Å². The average molecular weight is 301 g/mol. The molecule has 22 heavy (non-hydrogen) atoms. The number of pyridine rings is 1. The Balaban J connectivity index is 2.40. The SMILES string of the molecule is COc1cc(CNc2c(C#N)c(=O)n(C)c(=O)n2C)ccn1. The summed E-state index contributed by atoms with van der Waals surface area (Å²) in [6.07, 6.45) is 1.59. The molecule has 0 radical (unpaired) electrons. The fourth-order valence-electron chi connectivity index (χ4n) is 2.01. The van der Waals surface area contributed by atoms with Crippen molar-refractivity contribution in [3.8, 4) is 11.9 Å². The van der Waals surface area contributed by atoms with Crippen LogP contribution in [0.4, 0.5) is 5.82 Å². The number of methoxy groups -OCH3 is 1. The van der Waals surface area contributed by atoms with Gasteiger partial charge in [0.2, 0.25) is 5.88 Å². The molecule has 0 bridgehead atoms. The molecule has 0 spiro atoms. The van der Waals surface area contributed by atoms with Gasteiger partial charge < -0.3 is 10.1 Å². The van der Waals surface area contributed by atoms with Gasteiger partial charge in [-0.3, -0.25) is 13.9 Å². The molecule has 0 aliphatic heterocycles. The van der Waals surface area contributed by atoms with Gasteiger partial charge in [0.05, 0.1) is 7.11 Å². The highest BCUT2D eigenvalue weighted by Crippen LogP contribution is 2.12. The number of anilines is 1. The molecule has 8 heteroatoms. The summed E-state index contributed by atoms with van der Waals surface area (Å²) in [5, 5.41) is 12.1. The second-order valence-electron chi connectivity index (χ2n) is 4.60. The largest absolute Gasteiger partial charge is 0.481 e. The molecule has 0 atom stereocenters. The van der Waals surface area contributed by atoms with Crippen LogP contribution in [0.2, 0.25) is 0 Å². The maximum absolute atomic E-state index is 12.0. The highest BCUT2D eigenvalue weighted by molar-refractivity contribution is 5.51. The van der Waals surface area contributed by atoms with Crippen LogP contribution in [0.25, 0.3) is 0 Å².